The van der Waals surface area contributed by atoms with Gasteiger partial charge in [0.25, 0.3) is 0 Å². The van der Waals surface area contributed by atoms with Gasteiger partial charge < -0.3 is 19.2 Å². The number of nitrogens with zero attached hydrogens (tertiary/aromatic N) is 2. The summed E-state index contributed by atoms with van der Waals surface area (Å²) >= 11 is 0. The van der Waals surface area contributed by atoms with Crippen molar-refractivity contribution in [1.29, 1.82) is 0 Å². The molecule has 2 aromatic carbocycles. The molecule has 1 aromatic heterocycles. The highest BCUT2D eigenvalue weighted by atomic mass is 32.2. The zero-order valence-corrected chi connectivity index (χ0v) is 20.8. The number of hydrogen-bond donors (Lipinski definition) is 1. The standard InChI is InChI=1S/C27H30N2O6S/c30-27(31)25-26-22(13-19-35-26)12-17-29(25)36(32,33)24-10-6-21(7-11-24)20-4-8-23(9-5-20)34-18-3-16-28-14-1-2-15-28/h4-11,13,19,25H,1-3,12,14-18H2,(H,30,31). The molecule has 3 heterocycles. The number of likely N-dealkylation sites (tertiary alicyclic amines) is 1. The van der Waals surface area contributed by atoms with Crippen LogP contribution in [-0.2, 0) is 21.2 Å². The topological polar surface area (TPSA) is 100 Å². The van der Waals surface area contributed by atoms with Gasteiger partial charge in [0, 0.05) is 13.1 Å². The molecular weight excluding hydrogens is 480 g/mol. The number of benzene rings is 2. The minimum absolute atomic E-state index is 0.0467. The van der Waals surface area contributed by atoms with Gasteiger partial charge in [-0.1, -0.05) is 24.3 Å². The maximum absolute atomic E-state index is 13.3. The Kier molecular flexibility index (Phi) is 7.13. The molecule has 190 valence electrons. The van der Waals surface area contributed by atoms with Crippen molar-refractivity contribution in [2.24, 2.45) is 0 Å². The molecular formula is C27H30N2O6S. The van der Waals surface area contributed by atoms with Crippen LogP contribution in [0.1, 0.15) is 36.6 Å². The highest BCUT2D eigenvalue weighted by Gasteiger charge is 2.42. The van der Waals surface area contributed by atoms with Gasteiger partial charge >= 0.3 is 5.97 Å². The van der Waals surface area contributed by atoms with Gasteiger partial charge in [0.05, 0.1) is 17.8 Å². The Labute approximate surface area is 211 Å². The van der Waals surface area contributed by atoms with Gasteiger partial charge in [0.1, 0.15) is 11.5 Å². The van der Waals surface area contributed by atoms with Crippen molar-refractivity contribution in [1.82, 2.24) is 9.21 Å². The summed E-state index contributed by atoms with van der Waals surface area (Å²) in [6.45, 7) is 4.21. The van der Waals surface area contributed by atoms with E-state index in [1.54, 1.807) is 18.2 Å². The van der Waals surface area contributed by atoms with Gasteiger partial charge in [0.15, 0.2) is 6.04 Å². The van der Waals surface area contributed by atoms with Crippen molar-refractivity contribution >= 4 is 16.0 Å². The van der Waals surface area contributed by atoms with Gasteiger partial charge in [0.2, 0.25) is 10.0 Å². The Morgan fingerprint density at radius 1 is 0.972 bits per heavy atom. The molecule has 0 radical (unpaired) electrons. The van der Waals surface area contributed by atoms with E-state index in [1.165, 1.54) is 44.3 Å². The normalized spacial score (nSPS) is 18.7. The van der Waals surface area contributed by atoms with E-state index in [-0.39, 0.29) is 17.2 Å². The quantitative estimate of drug-likeness (QED) is 0.431. The number of hydrogen-bond acceptors (Lipinski definition) is 6. The van der Waals surface area contributed by atoms with E-state index >= 15 is 0 Å². The average molecular weight is 511 g/mol. The lowest BCUT2D eigenvalue weighted by atomic mass is 10.0. The van der Waals surface area contributed by atoms with E-state index in [0.29, 0.717) is 13.0 Å². The summed E-state index contributed by atoms with van der Waals surface area (Å²) in [5.74, 6) is -0.279. The van der Waals surface area contributed by atoms with Crippen molar-refractivity contribution in [2.75, 3.05) is 32.8 Å². The van der Waals surface area contributed by atoms with Crippen LogP contribution in [0.25, 0.3) is 11.1 Å². The maximum atomic E-state index is 13.3. The molecule has 5 rings (SSSR count). The molecule has 3 aromatic rings. The number of carbonyl (C=O) groups is 1. The number of aliphatic carboxylic acids is 1. The lowest BCUT2D eigenvalue weighted by molar-refractivity contribution is -0.142. The summed E-state index contributed by atoms with van der Waals surface area (Å²) in [5, 5.41) is 9.74. The summed E-state index contributed by atoms with van der Waals surface area (Å²) in [6, 6.07) is 14.5. The number of carboxylic acids is 1. The largest absolute Gasteiger partial charge is 0.494 e. The highest BCUT2D eigenvalue weighted by Crippen LogP contribution is 2.35. The van der Waals surface area contributed by atoms with E-state index < -0.39 is 22.0 Å². The van der Waals surface area contributed by atoms with Gasteiger partial charge in [-0.05, 0) is 85.8 Å². The smallest absolute Gasteiger partial charge is 0.329 e. The number of furan rings is 1. The van der Waals surface area contributed by atoms with Crippen molar-refractivity contribution in [3.63, 3.8) is 0 Å². The maximum Gasteiger partial charge on any atom is 0.329 e. The minimum atomic E-state index is -4.03. The summed E-state index contributed by atoms with van der Waals surface area (Å²) in [7, 11) is -4.03. The monoisotopic (exact) mass is 510 g/mol. The first-order chi connectivity index (χ1) is 17.4. The Hall–Kier alpha value is -3.14. The Morgan fingerprint density at radius 2 is 1.64 bits per heavy atom. The molecule has 0 bridgehead atoms. The van der Waals surface area contributed by atoms with Crippen molar-refractivity contribution in [3.8, 4) is 16.9 Å². The first kappa shape index (κ1) is 24.5. The molecule has 1 saturated heterocycles. The molecule has 2 aliphatic heterocycles. The second-order valence-corrected chi connectivity index (χ2v) is 11.1. The van der Waals surface area contributed by atoms with E-state index in [1.807, 2.05) is 24.3 Å². The molecule has 36 heavy (non-hydrogen) atoms. The van der Waals surface area contributed by atoms with Crippen LogP contribution in [0.4, 0.5) is 0 Å². The van der Waals surface area contributed by atoms with Crippen LogP contribution in [-0.4, -0.2) is 61.5 Å². The fourth-order valence-electron chi connectivity index (χ4n) is 4.96. The first-order valence-electron chi connectivity index (χ1n) is 12.3. The average Bonchev–Trinajstić information content (AvgIpc) is 3.58. The Morgan fingerprint density at radius 3 is 2.31 bits per heavy atom. The van der Waals surface area contributed by atoms with Gasteiger partial charge in [-0.25, -0.2) is 13.2 Å². The van der Waals surface area contributed by atoms with Crippen LogP contribution in [0.2, 0.25) is 0 Å². The Bertz CT molecular complexity index is 1290. The van der Waals surface area contributed by atoms with E-state index in [2.05, 4.69) is 4.90 Å². The van der Waals surface area contributed by atoms with E-state index in [9.17, 15) is 18.3 Å². The van der Waals surface area contributed by atoms with Gasteiger partial charge in [-0.2, -0.15) is 4.31 Å². The predicted molar refractivity (Wildman–Crippen MR) is 134 cm³/mol. The minimum Gasteiger partial charge on any atom is -0.494 e. The fraction of sp³-hybridized carbons (Fsp3) is 0.370. The molecule has 1 unspecified atom stereocenters. The third kappa shape index (κ3) is 5.04. The lowest BCUT2D eigenvalue weighted by Gasteiger charge is -2.31. The summed E-state index contributed by atoms with van der Waals surface area (Å²) in [4.78, 5) is 14.5. The molecule has 0 spiro atoms. The third-order valence-corrected chi connectivity index (χ3v) is 8.77. The number of sulfonamides is 1. The first-order valence-corrected chi connectivity index (χ1v) is 13.7. The second kappa shape index (κ2) is 10.5. The molecule has 2 aliphatic rings. The van der Waals surface area contributed by atoms with Gasteiger partial charge in [-0.15, -0.1) is 0 Å². The fourth-order valence-corrected chi connectivity index (χ4v) is 6.51. The molecule has 1 N–H and O–H groups in total. The van der Waals surface area contributed by atoms with Crippen molar-refractivity contribution in [2.45, 2.75) is 36.6 Å². The molecule has 1 fully saturated rings. The third-order valence-electron chi connectivity index (χ3n) is 6.89. The number of ether oxygens (including phenoxy) is 1. The molecule has 0 amide bonds. The van der Waals surface area contributed by atoms with E-state index in [0.717, 1.165) is 39.7 Å². The zero-order chi connectivity index (χ0) is 25.1. The zero-order valence-electron chi connectivity index (χ0n) is 20.0. The predicted octanol–water partition coefficient (Wildman–Crippen LogP) is 4.18. The molecule has 0 saturated carbocycles. The van der Waals surface area contributed by atoms with Crippen molar-refractivity contribution in [3.05, 3.63) is 72.2 Å². The second-order valence-electron chi connectivity index (χ2n) is 9.22. The van der Waals surface area contributed by atoms with Crippen LogP contribution >= 0.6 is 0 Å². The van der Waals surface area contributed by atoms with Crippen LogP contribution in [0.5, 0.6) is 5.75 Å². The summed E-state index contributed by atoms with van der Waals surface area (Å²) in [6.07, 6.45) is 5.39. The van der Waals surface area contributed by atoms with Crippen LogP contribution < -0.4 is 4.74 Å². The molecule has 1 atom stereocenters. The van der Waals surface area contributed by atoms with E-state index in [4.69, 9.17) is 9.15 Å². The number of carboxylic acid groups (broad SMARTS) is 1. The SMILES string of the molecule is O=C(O)C1c2occc2CCN1S(=O)(=O)c1ccc(-c2ccc(OCCCN3CCCC3)cc2)cc1. The molecule has 0 aliphatic carbocycles. The molecule has 8 nitrogen and oxygen atoms in total. The van der Waals surface area contributed by atoms with Crippen molar-refractivity contribution < 1.29 is 27.5 Å². The summed E-state index contributed by atoms with van der Waals surface area (Å²) in [5.41, 5.74) is 2.52. The Balaban J connectivity index is 1.24. The highest BCUT2D eigenvalue weighted by molar-refractivity contribution is 7.89. The number of fused-ring (bicyclic) bond motifs is 1. The summed E-state index contributed by atoms with van der Waals surface area (Å²) < 4.78 is 38.9. The number of rotatable bonds is 9. The lowest BCUT2D eigenvalue weighted by Crippen LogP contribution is -2.43. The van der Waals surface area contributed by atoms with Crippen LogP contribution in [0.3, 0.4) is 0 Å². The van der Waals surface area contributed by atoms with Crippen LogP contribution in [0.15, 0.2) is 70.2 Å². The van der Waals surface area contributed by atoms with Gasteiger partial charge in [-0.3, -0.25) is 0 Å². The molecule has 9 heteroatoms. The van der Waals surface area contributed by atoms with Crippen LogP contribution in [0, 0.1) is 0 Å².